The standard InChI is InChI=1S/C11H14Cl2N2O2/c1-6(2)17-11-5-10(15-14-7(3)16)8(12)4-9(11)13/h4-6,15H,1-3H3,(H,14,16). The zero-order valence-electron chi connectivity index (χ0n) is 9.80. The highest BCUT2D eigenvalue weighted by atomic mass is 35.5. The summed E-state index contributed by atoms with van der Waals surface area (Å²) in [6.45, 7) is 5.18. The zero-order chi connectivity index (χ0) is 13.0. The van der Waals surface area contributed by atoms with Gasteiger partial charge in [-0.25, -0.2) is 0 Å². The normalized spacial score (nSPS) is 10.2. The molecule has 0 saturated carbocycles. The smallest absolute Gasteiger partial charge is 0.235 e. The number of hydrogen-bond acceptors (Lipinski definition) is 3. The van der Waals surface area contributed by atoms with Gasteiger partial charge in [-0.3, -0.25) is 15.6 Å². The topological polar surface area (TPSA) is 50.4 Å². The SMILES string of the molecule is CC(=O)NNc1cc(OC(C)C)c(Cl)cc1Cl. The highest BCUT2D eigenvalue weighted by Gasteiger charge is 2.09. The first-order valence-electron chi connectivity index (χ1n) is 5.08. The van der Waals surface area contributed by atoms with Gasteiger partial charge in [0.05, 0.1) is 21.8 Å². The van der Waals surface area contributed by atoms with Crippen LogP contribution in [0.4, 0.5) is 5.69 Å². The van der Waals surface area contributed by atoms with Crippen molar-refractivity contribution < 1.29 is 9.53 Å². The fourth-order valence-electron chi connectivity index (χ4n) is 1.12. The second-order valence-electron chi connectivity index (χ2n) is 3.74. The predicted molar refractivity (Wildman–Crippen MR) is 69.7 cm³/mol. The van der Waals surface area contributed by atoms with Crippen LogP contribution < -0.4 is 15.6 Å². The minimum absolute atomic E-state index is 0.00212. The van der Waals surface area contributed by atoms with Crippen LogP contribution >= 0.6 is 23.2 Å². The number of carbonyl (C=O) groups is 1. The van der Waals surface area contributed by atoms with Crippen LogP contribution in [0.15, 0.2) is 12.1 Å². The number of carbonyl (C=O) groups excluding carboxylic acids is 1. The van der Waals surface area contributed by atoms with Crippen molar-refractivity contribution in [3.63, 3.8) is 0 Å². The Bertz CT molecular complexity index is 422. The number of hydrazine groups is 1. The molecule has 0 saturated heterocycles. The summed E-state index contributed by atoms with van der Waals surface area (Å²) in [5.74, 6) is 0.293. The molecule has 1 amide bonds. The summed E-state index contributed by atoms with van der Waals surface area (Å²) < 4.78 is 5.50. The van der Waals surface area contributed by atoms with E-state index in [9.17, 15) is 4.79 Å². The molecule has 17 heavy (non-hydrogen) atoms. The third-order valence-corrected chi connectivity index (χ3v) is 2.37. The fraction of sp³-hybridized carbons (Fsp3) is 0.364. The summed E-state index contributed by atoms with van der Waals surface area (Å²) in [5, 5.41) is 0.830. The average Bonchev–Trinajstić information content (AvgIpc) is 2.19. The molecule has 94 valence electrons. The first-order valence-corrected chi connectivity index (χ1v) is 5.84. The molecule has 4 nitrogen and oxygen atoms in total. The van der Waals surface area contributed by atoms with E-state index in [0.29, 0.717) is 21.5 Å². The van der Waals surface area contributed by atoms with Gasteiger partial charge in [-0.05, 0) is 19.9 Å². The van der Waals surface area contributed by atoms with Gasteiger partial charge in [0.2, 0.25) is 5.91 Å². The molecule has 0 bridgehead atoms. The molecule has 1 aromatic rings. The first kappa shape index (κ1) is 13.9. The fourth-order valence-corrected chi connectivity index (χ4v) is 1.60. The van der Waals surface area contributed by atoms with E-state index in [1.54, 1.807) is 12.1 Å². The maximum absolute atomic E-state index is 10.8. The number of ether oxygens (including phenoxy) is 1. The minimum Gasteiger partial charge on any atom is -0.489 e. The Kier molecular flexibility index (Phi) is 4.90. The van der Waals surface area contributed by atoms with Gasteiger partial charge < -0.3 is 4.74 Å². The van der Waals surface area contributed by atoms with Gasteiger partial charge in [0.15, 0.2) is 0 Å². The largest absolute Gasteiger partial charge is 0.489 e. The van der Waals surface area contributed by atoms with Gasteiger partial charge in [0.1, 0.15) is 5.75 Å². The molecule has 0 aliphatic carbocycles. The van der Waals surface area contributed by atoms with E-state index in [4.69, 9.17) is 27.9 Å². The van der Waals surface area contributed by atoms with Crippen molar-refractivity contribution >= 4 is 34.8 Å². The highest BCUT2D eigenvalue weighted by Crippen LogP contribution is 2.34. The van der Waals surface area contributed by atoms with E-state index in [1.165, 1.54) is 6.92 Å². The molecule has 0 heterocycles. The van der Waals surface area contributed by atoms with Gasteiger partial charge in [-0.1, -0.05) is 23.2 Å². The third kappa shape index (κ3) is 4.32. The molecule has 0 aromatic heterocycles. The second kappa shape index (κ2) is 5.98. The van der Waals surface area contributed by atoms with Crippen molar-refractivity contribution in [3.8, 4) is 5.75 Å². The Morgan fingerprint density at radius 2 is 1.94 bits per heavy atom. The number of amides is 1. The van der Waals surface area contributed by atoms with E-state index in [-0.39, 0.29) is 12.0 Å². The monoisotopic (exact) mass is 276 g/mol. The number of anilines is 1. The van der Waals surface area contributed by atoms with E-state index in [2.05, 4.69) is 10.9 Å². The average molecular weight is 277 g/mol. The van der Waals surface area contributed by atoms with Crippen LogP contribution in [0.1, 0.15) is 20.8 Å². The maximum atomic E-state index is 10.8. The lowest BCUT2D eigenvalue weighted by Crippen LogP contribution is -2.26. The lowest BCUT2D eigenvalue weighted by molar-refractivity contribution is -0.118. The summed E-state index contributed by atoms with van der Waals surface area (Å²) in [5.41, 5.74) is 5.64. The van der Waals surface area contributed by atoms with Crippen LogP contribution in [0, 0.1) is 0 Å². The summed E-state index contributed by atoms with van der Waals surface area (Å²) in [4.78, 5) is 10.8. The quantitative estimate of drug-likeness (QED) is 0.831. The van der Waals surface area contributed by atoms with Crippen molar-refractivity contribution in [1.29, 1.82) is 0 Å². The molecule has 2 N–H and O–H groups in total. The number of rotatable bonds is 4. The summed E-state index contributed by atoms with van der Waals surface area (Å²) in [6, 6.07) is 3.20. The molecule has 6 heteroatoms. The summed E-state index contributed by atoms with van der Waals surface area (Å²) >= 11 is 12.0. The van der Waals surface area contributed by atoms with Crippen LogP contribution in [0.2, 0.25) is 10.0 Å². The van der Waals surface area contributed by atoms with Gasteiger partial charge >= 0.3 is 0 Å². The van der Waals surface area contributed by atoms with Gasteiger partial charge in [0.25, 0.3) is 0 Å². The molecular weight excluding hydrogens is 263 g/mol. The molecule has 0 fully saturated rings. The Morgan fingerprint density at radius 1 is 1.29 bits per heavy atom. The summed E-state index contributed by atoms with van der Waals surface area (Å²) in [7, 11) is 0. The molecule has 1 aromatic carbocycles. The van der Waals surface area contributed by atoms with Crippen LogP contribution in [-0.4, -0.2) is 12.0 Å². The van der Waals surface area contributed by atoms with Gasteiger partial charge in [-0.2, -0.15) is 0 Å². The lowest BCUT2D eigenvalue weighted by atomic mass is 10.3. The van der Waals surface area contributed by atoms with Crippen molar-refractivity contribution in [3.05, 3.63) is 22.2 Å². The minimum atomic E-state index is -0.220. The molecule has 0 aliphatic heterocycles. The molecule has 0 atom stereocenters. The van der Waals surface area contributed by atoms with Crippen molar-refractivity contribution in [2.24, 2.45) is 0 Å². The molecule has 0 radical (unpaired) electrons. The van der Waals surface area contributed by atoms with Crippen molar-refractivity contribution in [2.75, 3.05) is 5.43 Å². The summed E-state index contributed by atoms with van der Waals surface area (Å²) in [6.07, 6.45) is 0.00212. The van der Waals surface area contributed by atoms with E-state index < -0.39 is 0 Å². The maximum Gasteiger partial charge on any atom is 0.235 e. The van der Waals surface area contributed by atoms with E-state index in [1.807, 2.05) is 13.8 Å². The number of halogens is 2. The molecule has 0 spiro atoms. The Labute approximate surface area is 110 Å². The van der Waals surface area contributed by atoms with Crippen LogP contribution in [-0.2, 0) is 4.79 Å². The predicted octanol–water partition coefficient (Wildman–Crippen LogP) is 3.24. The van der Waals surface area contributed by atoms with Crippen LogP contribution in [0.25, 0.3) is 0 Å². The van der Waals surface area contributed by atoms with Crippen molar-refractivity contribution in [2.45, 2.75) is 26.9 Å². The second-order valence-corrected chi connectivity index (χ2v) is 4.55. The third-order valence-electron chi connectivity index (χ3n) is 1.76. The number of benzene rings is 1. The van der Waals surface area contributed by atoms with Gasteiger partial charge in [-0.15, -0.1) is 0 Å². The van der Waals surface area contributed by atoms with Gasteiger partial charge in [0, 0.05) is 13.0 Å². The molecule has 1 rings (SSSR count). The Morgan fingerprint density at radius 3 is 2.47 bits per heavy atom. The molecule has 0 aliphatic rings. The first-order chi connectivity index (χ1) is 7.90. The van der Waals surface area contributed by atoms with Crippen LogP contribution in [0.5, 0.6) is 5.75 Å². The molecular formula is C11H14Cl2N2O2. The number of hydrogen-bond donors (Lipinski definition) is 2. The Hall–Kier alpha value is -1.13. The number of nitrogens with one attached hydrogen (secondary N) is 2. The van der Waals surface area contributed by atoms with E-state index >= 15 is 0 Å². The zero-order valence-corrected chi connectivity index (χ0v) is 11.3. The lowest BCUT2D eigenvalue weighted by Gasteiger charge is -2.15. The Balaban J connectivity index is 2.93. The molecule has 0 unspecified atom stereocenters. The van der Waals surface area contributed by atoms with E-state index in [0.717, 1.165) is 0 Å². The van der Waals surface area contributed by atoms with Crippen LogP contribution in [0.3, 0.4) is 0 Å². The highest BCUT2D eigenvalue weighted by molar-refractivity contribution is 6.37. The van der Waals surface area contributed by atoms with Crippen molar-refractivity contribution in [1.82, 2.24) is 5.43 Å².